The van der Waals surface area contributed by atoms with Crippen LogP contribution in [0.2, 0.25) is 0 Å². The largest absolute Gasteiger partial charge is 0.480 e. The monoisotopic (exact) mass is 459 g/mol. The number of benzene rings is 1. The number of carboxylic acid groups (broad SMARTS) is 1. The number of alkyl carbamates (subject to hydrolysis) is 1. The zero-order chi connectivity index (χ0) is 23.7. The Morgan fingerprint density at radius 2 is 1.77 bits per heavy atom. The summed E-state index contributed by atoms with van der Waals surface area (Å²) >= 11 is 0. The molecule has 0 aliphatic heterocycles. The van der Waals surface area contributed by atoms with E-state index in [1.165, 1.54) is 0 Å². The molecule has 1 aromatic rings. The van der Waals surface area contributed by atoms with E-state index < -0.39 is 40.0 Å². The molecule has 0 spiro atoms. The number of ether oxygens (including phenoxy) is 2. The first-order valence-electron chi connectivity index (χ1n) is 9.53. The minimum absolute atomic E-state index is 0.0114. The van der Waals surface area contributed by atoms with E-state index in [2.05, 4.69) is 5.32 Å². The lowest BCUT2D eigenvalue weighted by atomic mass is 10.1. The van der Waals surface area contributed by atoms with E-state index in [9.17, 15) is 27.9 Å². The van der Waals surface area contributed by atoms with Crippen LogP contribution in [0.1, 0.15) is 45.6 Å². The second kappa shape index (κ2) is 11.5. The van der Waals surface area contributed by atoms with Crippen LogP contribution in [0.4, 0.5) is 9.59 Å². The molecule has 0 fully saturated rings. The lowest BCUT2D eigenvalue weighted by Crippen LogP contribution is -2.45. The molecular weight excluding hydrogens is 430 g/mol. The van der Waals surface area contributed by atoms with Crippen LogP contribution < -0.4 is 10.5 Å². The van der Waals surface area contributed by atoms with Gasteiger partial charge in [0.05, 0.1) is 0 Å². The number of nitrogens with two attached hydrogens (primary N) is 1. The Bertz CT molecular complexity index is 853. The molecule has 0 heterocycles. The molecule has 12 heteroatoms. The number of carbonyl (C=O) groups excluding carboxylic acids is 2. The van der Waals surface area contributed by atoms with Gasteiger partial charge in [-0.15, -0.1) is 0 Å². The maximum absolute atomic E-state index is 12.1. The van der Waals surface area contributed by atoms with Crippen LogP contribution in [-0.4, -0.2) is 54.2 Å². The van der Waals surface area contributed by atoms with Crippen LogP contribution in [0, 0.1) is 0 Å². The normalized spacial score (nSPS) is 12.5. The lowest BCUT2D eigenvalue weighted by molar-refractivity contribution is -0.139. The molecule has 2 amide bonds. The zero-order valence-corrected chi connectivity index (χ0v) is 18.6. The molecule has 0 saturated carbocycles. The van der Waals surface area contributed by atoms with Crippen molar-refractivity contribution in [2.75, 3.05) is 6.54 Å². The van der Waals surface area contributed by atoms with Gasteiger partial charge in [0.2, 0.25) is 0 Å². The third-order valence-electron chi connectivity index (χ3n) is 3.81. The lowest BCUT2D eigenvalue weighted by Gasteiger charge is -2.25. The van der Waals surface area contributed by atoms with Gasteiger partial charge in [-0.3, -0.25) is 0 Å². The first-order valence-corrected chi connectivity index (χ1v) is 11.0. The van der Waals surface area contributed by atoms with Crippen LogP contribution in [0.3, 0.4) is 0 Å². The van der Waals surface area contributed by atoms with Crippen LogP contribution in [-0.2, 0) is 31.1 Å². The topological polar surface area (TPSA) is 165 Å². The van der Waals surface area contributed by atoms with Crippen LogP contribution in [0.25, 0.3) is 0 Å². The number of hydrogen-bond acceptors (Lipinski definition) is 7. The van der Waals surface area contributed by atoms with E-state index in [4.69, 9.17) is 14.6 Å². The number of hydrogen-bond donors (Lipinski definition) is 3. The molecule has 0 bridgehead atoms. The Balaban J connectivity index is 2.53. The van der Waals surface area contributed by atoms with Crippen molar-refractivity contribution in [1.82, 2.24) is 9.62 Å². The van der Waals surface area contributed by atoms with Crippen molar-refractivity contribution in [3.05, 3.63) is 35.9 Å². The van der Waals surface area contributed by atoms with Crippen molar-refractivity contribution in [1.29, 1.82) is 0 Å². The summed E-state index contributed by atoms with van der Waals surface area (Å²) in [6.45, 7) is 4.42. The molecule has 4 N–H and O–H groups in total. The van der Waals surface area contributed by atoms with Crippen molar-refractivity contribution in [3.8, 4) is 0 Å². The highest BCUT2D eigenvalue weighted by atomic mass is 32.2. The van der Waals surface area contributed by atoms with Crippen molar-refractivity contribution in [2.24, 2.45) is 5.14 Å². The molecule has 0 saturated heterocycles. The molecule has 1 unspecified atom stereocenters. The smallest absolute Gasteiger partial charge is 0.425 e. The summed E-state index contributed by atoms with van der Waals surface area (Å²) in [4.78, 5) is 35.3. The van der Waals surface area contributed by atoms with Crippen molar-refractivity contribution < 1.29 is 37.4 Å². The number of carbonyl (C=O) groups is 3. The minimum Gasteiger partial charge on any atom is -0.480 e. The molecular formula is C19H29N3O8S. The Hall–Kier alpha value is -2.86. The molecule has 0 aliphatic carbocycles. The van der Waals surface area contributed by atoms with E-state index in [-0.39, 0.29) is 32.4 Å². The van der Waals surface area contributed by atoms with Gasteiger partial charge in [0, 0.05) is 6.54 Å². The average Bonchev–Trinajstić information content (AvgIpc) is 2.63. The molecule has 31 heavy (non-hydrogen) atoms. The first kappa shape index (κ1) is 26.2. The SMILES string of the molecule is CC(C)(C)OC(=O)N(CCCCC(NC(=O)OCc1ccccc1)C(=O)O)S(N)(=O)=O. The third-order valence-corrected chi connectivity index (χ3v) is 4.76. The highest BCUT2D eigenvalue weighted by Crippen LogP contribution is 2.13. The molecule has 174 valence electrons. The fourth-order valence-electron chi connectivity index (χ4n) is 2.40. The maximum atomic E-state index is 12.1. The predicted octanol–water partition coefficient (Wildman–Crippen LogP) is 1.98. The molecule has 11 nitrogen and oxygen atoms in total. The Labute approximate surface area is 181 Å². The van der Waals surface area contributed by atoms with Crippen molar-refractivity contribution >= 4 is 28.4 Å². The number of unbranched alkanes of at least 4 members (excludes halogenated alkanes) is 1. The quantitative estimate of drug-likeness (QED) is 0.447. The van der Waals surface area contributed by atoms with Crippen LogP contribution in [0.15, 0.2) is 30.3 Å². The average molecular weight is 460 g/mol. The summed E-state index contributed by atoms with van der Waals surface area (Å²) in [5, 5.41) is 16.6. The van der Waals surface area contributed by atoms with Gasteiger partial charge in [-0.05, 0) is 45.6 Å². The number of amides is 2. The van der Waals surface area contributed by atoms with E-state index in [1.807, 2.05) is 6.07 Å². The minimum atomic E-state index is -4.35. The fraction of sp³-hybridized carbons (Fsp3) is 0.526. The standard InChI is InChI=1S/C19H29N3O8S/c1-19(2,3)30-18(26)22(31(20,27)28)12-8-7-11-15(16(23)24)21-17(25)29-13-14-9-5-4-6-10-14/h4-6,9-10,15H,7-8,11-13H2,1-3H3,(H,21,25)(H,23,24)(H2,20,27,28). The van der Waals surface area contributed by atoms with Crippen molar-refractivity contribution in [2.45, 2.75) is 58.3 Å². The van der Waals surface area contributed by atoms with E-state index in [0.29, 0.717) is 4.31 Å². The Kier molecular flexibility index (Phi) is 9.72. The molecule has 1 aromatic carbocycles. The Morgan fingerprint density at radius 1 is 1.16 bits per heavy atom. The summed E-state index contributed by atoms with van der Waals surface area (Å²) in [6, 6.07) is 7.63. The highest BCUT2D eigenvalue weighted by Gasteiger charge is 2.29. The van der Waals surface area contributed by atoms with Crippen molar-refractivity contribution in [3.63, 3.8) is 0 Å². The first-order chi connectivity index (χ1) is 14.3. The number of nitrogens with zero attached hydrogens (tertiary/aromatic N) is 1. The van der Waals surface area contributed by atoms with E-state index in [1.54, 1.807) is 45.0 Å². The fourth-order valence-corrected chi connectivity index (χ4v) is 3.03. The van der Waals surface area contributed by atoms with Gasteiger partial charge < -0.3 is 19.9 Å². The van der Waals surface area contributed by atoms with E-state index in [0.717, 1.165) is 5.56 Å². The molecule has 0 aromatic heterocycles. The van der Waals surface area contributed by atoms with Crippen LogP contribution in [0.5, 0.6) is 0 Å². The maximum Gasteiger partial charge on any atom is 0.425 e. The van der Waals surface area contributed by atoms with E-state index >= 15 is 0 Å². The van der Waals surface area contributed by atoms with Gasteiger partial charge in [-0.2, -0.15) is 12.7 Å². The number of aliphatic carboxylic acids is 1. The second-order valence-corrected chi connectivity index (χ2v) is 9.16. The highest BCUT2D eigenvalue weighted by molar-refractivity contribution is 7.87. The summed E-state index contributed by atoms with van der Waals surface area (Å²) in [7, 11) is -4.35. The second-order valence-electron chi connectivity index (χ2n) is 7.69. The summed E-state index contributed by atoms with van der Waals surface area (Å²) in [5.41, 5.74) is -0.173. The van der Waals surface area contributed by atoms with Crippen LogP contribution >= 0.6 is 0 Å². The van der Waals surface area contributed by atoms with Gasteiger partial charge in [0.1, 0.15) is 18.2 Å². The Morgan fingerprint density at radius 3 is 2.29 bits per heavy atom. The summed E-state index contributed by atoms with van der Waals surface area (Å²) < 4.78 is 33.7. The summed E-state index contributed by atoms with van der Waals surface area (Å²) in [6.07, 6.45) is -1.73. The number of rotatable bonds is 10. The molecule has 0 radical (unpaired) electrons. The zero-order valence-electron chi connectivity index (χ0n) is 17.7. The molecule has 0 aliphatic rings. The molecule has 1 rings (SSSR count). The predicted molar refractivity (Wildman–Crippen MR) is 111 cm³/mol. The van der Waals surface area contributed by atoms with Gasteiger partial charge in [0.15, 0.2) is 0 Å². The number of nitrogens with one attached hydrogen (secondary N) is 1. The van der Waals surface area contributed by atoms with Gasteiger partial charge in [-0.1, -0.05) is 30.3 Å². The summed E-state index contributed by atoms with van der Waals surface area (Å²) in [5.74, 6) is -1.27. The third kappa shape index (κ3) is 10.6. The molecule has 1 atom stereocenters. The van der Waals surface area contributed by atoms with Gasteiger partial charge in [-0.25, -0.2) is 19.5 Å². The van der Waals surface area contributed by atoms with Gasteiger partial charge >= 0.3 is 28.4 Å². The van der Waals surface area contributed by atoms with Gasteiger partial charge in [0.25, 0.3) is 0 Å². The number of carboxylic acids is 1.